The molecule has 1 aliphatic carbocycles. The van der Waals surface area contributed by atoms with Crippen LogP contribution in [-0.4, -0.2) is 42.9 Å². The number of benzene rings is 1. The van der Waals surface area contributed by atoms with Gasteiger partial charge in [-0.05, 0) is 18.9 Å². The molecule has 8 heteroatoms. The fourth-order valence-electron chi connectivity index (χ4n) is 3.25. The molecule has 2 aliphatic rings. The molecule has 0 N–H and O–H groups in total. The zero-order valence-corrected chi connectivity index (χ0v) is 12.9. The Hall–Kier alpha value is -1.51. The number of sulfonamides is 1. The fourth-order valence-corrected chi connectivity index (χ4v) is 4.96. The predicted octanol–water partition coefficient (Wildman–Crippen LogP) is 1.93. The maximum atomic E-state index is 12.9. The molecule has 3 rings (SSSR count). The molecule has 0 radical (unpaired) electrons. The van der Waals surface area contributed by atoms with Gasteiger partial charge in [0.05, 0.1) is 28.6 Å². The molecule has 2 fully saturated rings. The molecule has 1 aromatic carbocycles. The van der Waals surface area contributed by atoms with Crippen molar-refractivity contribution in [3.05, 3.63) is 34.4 Å². The Morgan fingerprint density at radius 2 is 2.05 bits per heavy atom. The van der Waals surface area contributed by atoms with E-state index >= 15 is 0 Å². The van der Waals surface area contributed by atoms with Gasteiger partial charge in [-0.2, -0.15) is 4.31 Å². The minimum atomic E-state index is -3.74. The van der Waals surface area contributed by atoms with E-state index in [-0.39, 0.29) is 22.7 Å². The Balaban J connectivity index is 1.94. The van der Waals surface area contributed by atoms with Crippen molar-refractivity contribution >= 4 is 15.7 Å². The smallest absolute Gasteiger partial charge is 0.270 e. The summed E-state index contributed by atoms with van der Waals surface area (Å²) < 4.78 is 32.9. The minimum Gasteiger partial charge on any atom is -0.375 e. The first-order valence-electron chi connectivity index (χ1n) is 7.38. The van der Waals surface area contributed by atoms with E-state index in [0.29, 0.717) is 13.2 Å². The number of nitro groups is 1. The fraction of sp³-hybridized carbons (Fsp3) is 0.571. The monoisotopic (exact) mass is 326 g/mol. The maximum Gasteiger partial charge on any atom is 0.270 e. The van der Waals surface area contributed by atoms with Crippen LogP contribution in [0.4, 0.5) is 5.69 Å². The normalized spacial score (nSPS) is 26.4. The molecule has 1 aromatic rings. The second-order valence-electron chi connectivity index (χ2n) is 5.63. The summed E-state index contributed by atoms with van der Waals surface area (Å²) in [4.78, 5) is 10.3. The van der Waals surface area contributed by atoms with Crippen molar-refractivity contribution in [1.29, 1.82) is 0 Å². The standard InChI is InChI=1S/C14H18N2O5S/c17-16(18)11-4-3-5-12(10-11)22(19,20)15-8-9-21-14-7-2-1-6-13(14)15/h3-5,10,13-14H,1-2,6-9H2. The summed E-state index contributed by atoms with van der Waals surface area (Å²) >= 11 is 0. The topological polar surface area (TPSA) is 89.8 Å². The van der Waals surface area contributed by atoms with Crippen LogP contribution in [-0.2, 0) is 14.8 Å². The minimum absolute atomic E-state index is 0.0204. The van der Waals surface area contributed by atoms with Crippen LogP contribution in [0.15, 0.2) is 29.2 Å². The summed E-state index contributed by atoms with van der Waals surface area (Å²) in [5.74, 6) is 0. The predicted molar refractivity (Wildman–Crippen MR) is 79.0 cm³/mol. The lowest BCUT2D eigenvalue weighted by atomic mass is 9.91. The number of nitrogens with zero attached hydrogens (tertiary/aromatic N) is 2. The number of hydrogen-bond acceptors (Lipinski definition) is 5. The zero-order chi connectivity index (χ0) is 15.7. The summed E-state index contributed by atoms with van der Waals surface area (Å²) in [6.07, 6.45) is 3.61. The number of non-ortho nitro benzene ring substituents is 1. The van der Waals surface area contributed by atoms with Crippen molar-refractivity contribution in [3.8, 4) is 0 Å². The van der Waals surface area contributed by atoms with E-state index in [0.717, 1.165) is 31.7 Å². The molecule has 0 amide bonds. The van der Waals surface area contributed by atoms with Gasteiger partial charge in [-0.1, -0.05) is 18.9 Å². The van der Waals surface area contributed by atoms with Gasteiger partial charge in [0.2, 0.25) is 10.0 Å². The van der Waals surface area contributed by atoms with Gasteiger partial charge in [-0.15, -0.1) is 0 Å². The maximum absolute atomic E-state index is 12.9. The lowest BCUT2D eigenvalue weighted by Crippen LogP contribution is -2.54. The number of morpholine rings is 1. The van der Waals surface area contributed by atoms with Crippen LogP contribution in [0, 0.1) is 10.1 Å². The molecule has 0 spiro atoms. The molecule has 0 bridgehead atoms. The highest BCUT2D eigenvalue weighted by atomic mass is 32.2. The Kier molecular flexibility index (Phi) is 4.16. The number of hydrogen-bond donors (Lipinski definition) is 0. The average Bonchev–Trinajstić information content (AvgIpc) is 2.54. The van der Waals surface area contributed by atoms with Gasteiger partial charge >= 0.3 is 0 Å². The SMILES string of the molecule is O=[N+]([O-])c1cccc(S(=O)(=O)N2CCOC3CCCCC32)c1. The number of rotatable bonds is 3. The summed E-state index contributed by atoms with van der Waals surface area (Å²) in [7, 11) is -3.74. The van der Waals surface area contributed by atoms with E-state index in [1.54, 1.807) is 0 Å². The number of nitro benzene ring substituents is 1. The van der Waals surface area contributed by atoms with Crippen LogP contribution in [0.1, 0.15) is 25.7 Å². The van der Waals surface area contributed by atoms with E-state index in [1.165, 1.54) is 22.5 Å². The van der Waals surface area contributed by atoms with Crippen molar-refractivity contribution in [2.45, 2.75) is 42.7 Å². The largest absolute Gasteiger partial charge is 0.375 e. The molecule has 1 aliphatic heterocycles. The molecule has 22 heavy (non-hydrogen) atoms. The summed E-state index contributed by atoms with van der Waals surface area (Å²) in [6.45, 7) is 0.668. The molecule has 0 aromatic heterocycles. The molecule has 2 unspecified atom stereocenters. The van der Waals surface area contributed by atoms with Crippen LogP contribution < -0.4 is 0 Å². The van der Waals surface area contributed by atoms with Crippen LogP contribution in [0.2, 0.25) is 0 Å². The Morgan fingerprint density at radius 3 is 2.82 bits per heavy atom. The first-order chi connectivity index (χ1) is 10.5. The summed E-state index contributed by atoms with van der Waals surface area (Å²) in [6, 6.07) is 5.08. The van der Waals surface area contributed by atoms with Gasteiger partial charge < -0.3 is 4.74 Å². The van der Waals surface area contributed by atoms with E-state index < -0.39 is 14.9 Å². The van der Waals surface area contributed by atoms with Crippen molar-refractivity contribution in [1.82, 2.24) is 4.31 Å². The quantitative estimate of drug-likeness (QED) is 0.625. The first-order valence-corrected chi connectivity index (χ1v) is 8.82. The lowest BCUT2D eigenvalue weighted by Gasteiger charge is -2.42. The Bertz CT molecular complexity index is 674. The molecule has 120 valence electrons. The number of ether oxygens (including phenoxy) is 1. The molecular weight excluding hydrogens is 308 g/mol. The lowest BCUT2D eigenvalue weighted by molar-refractivity contribution is -0.385. The molecule has 1 heterocycles. The second kappa shape index (κ2) is 5.94. The molecule has 7 nitrogen and oxygen atoms in total. The summed E-state index contributed by atoms with van der Waals surface area (Å²) in [5, 5.41) is 10.9. The van der Waals surface area contributed by atoms with Crippen molar-refractivity contribution < 1.29 is 18.1 Å². The van der Waals surface area contributed by atoms with Gasteiger partial charge in [0.15, 0.2) is 0 Å². The molecular formula is C14H18N2O5S. The van der Waals surface area contributed by atoms with Crippen LogP contribution in [0.5, 0.6) is 0 Å². The average molecular weight is 326 g/mol. The number of fused-ring (bicyclic) bond motifs is 1. The third-order valence-corrected chi connectivity index (χ3v) is 6.24. The highest BCUT2D eigenvalue weighted by Gasteiger charge is 2.41. The molecule has 1 saturated heterocycles. The molecule has 1 saturated carbocycles. The van der Waals surface area contributed by atoms with Gasteiger partial charge in [0.25, 0.3) is 5.69 Å². The van der Waals surface area contributed by atoms with E-state index in [9.17, 15) is 18.5 Å². The highest BCUT2D eigenvalue weighted by Crippen LogP contribution is 2.32. The highest BCUT2D eigenvalue weighted by molar-refractivity contribution is 7.89. The third-order valence-electron chi connectivity index (χ3n) is 4.32. The van der Waals surface area contributed by atoms with Gasteiger partial charge in [0, 0.05) is 18.7 Å². The van der Waals surface area contributed by atoms with E-state index in [2.05, 4.69) is 0 Å². The molecule has 2 atom stereocenters. The second-order valence-corrected chi connectivity index (χ2v) is 7.52. The van der Waals surface area contributed by atoms with Crippen molar-refractivity contribution in [2.75, 3.05) is 13.2 Å². The van der Waals surface area contributed by atoms with E-state index in [1.807, 2.05) is 0 Å². The zero-order valence-electron chi connectivity index (χ0n) is 12.1. The van der Waals surface area contributed by atoms with Crippen LogP contribution in [0.3, 0.4) is 0 Å². The van der Waals surface area contributed by atoms with Crippen LogP contribution >= 0.6 is 0 Å². The Labute approximate surface area is 129 Å². The summed E-state index contributed by atoms with van der Waals surface area (Å²) in [5.41, 5.74) is -0.213. The van der Waals surface area contributed by atoms with Crippen molar-refractivity contribution in [3.63, 3.8) is 0 Å². The van der Waals surface area contributed by atoms with Gasteiger partial charge in [0.1, 0.15) is 0 Å². The van der Waals surface area contributed by atoms with Gasteiger partial charge in [-0.3, -0.25) is 10.1 Å². The van der Waals surface area contributed by atoms with Crippen LogP contribution in [0.25, 0.3) is 0 Å². The first kappa shape index (κ1) is 15.4. The van der Waals surface area contributed by atoms with Gasteiger partial charge in [-0.25, -0.2) is 8.42 Å². The third kappa shape index (κ3) is 2.73. The van der Waals surface area contributed by atoms with Crippen molar-refractivity contribution in [2.24, 2.45) is 0 Å². The van der Waals surface area contributed by atoms with E-state index in [4.69, 9.17) is 4.74 Å². The Morgan fingerprint density at radius 1 is 1.27 bits per heavy atom.